The normalized spacial score (nSPS) is 26.5. The standard InChI is InChI=1S/C38H47F2N5O5/c1-24(2)45-20-27(19-42-45)26-8-15-41-33(16-26)44(35(47)25-4-6-30(7-5-25)50-36(48)43-21-29(46)22-43)23-37-9-12-38(13-10-37,14-11-37)28-17-31(39)34(49-3)32(40)18-28/h8,15-20,24-25,29-30,46H,4-7,9-14,21-23H2,1-3H3. The smallest absolute Gasteiger partial charge is 0.410 e. The van der Waals surface area contributed by atoms with Crippen molar-refractivity contribution in [1.82, 2.24) is 19.7 Å². The van der Waals surface area contributed by atoms with Crippen LogP contribution in [0.1, 0.15) is 89.7 Å². The minimum atomic E-state index is -0.676. The summed E-state index contributed by atoms with van der Waals surface area (Å²) in [5.41, 5.74) is 2.12. The fraction of sp³-hybridized carbons (Fsp3) is 0.579. The lowest BCUT2D eigenvalue weighted by Crippen LogP contribution is -2.54. The van der Waals surface area contributed by atoms with E-state index in [1.807, 2.05) is 34.1 Å². The van der Waals surface area contributed by atoms with Gasteiger partial charge in [-0.3, -0.25) is 14.4 Å². The first-order chi connectivity index (χ1) is 24.0. The number of hydrogen-bond acceptors (Lipinski definition) is 7. The number of anilines is 1. The quantitative estimate of drug-likeness (QED) is 0.263. The zero-order valence-corrected chi connectivity index (χ0v) is 29.1. The molecular weight excluding hydrogens is 644 g/mol. The molecule has 1 saturated heterocycles. The van der Waals surface area contributed by atoms with Gasteiger partial charge in [-0.15, -0.1) is 0 Å². The van der Waals surface area contributed by atoms with E-state index >= 15 is 0 Å². The molecule has 4 saturated carbocycles. The van der Waals surface area contributed by atoms with Crippen LogP contribution in [0.15, 0.2) is 42.9 Å². The highest BCUT2D eigenvalue weighted by molar-refractivity contribution is 5.95. The van der Waals surface area contributed by atoms with Crippen LogP contribution in [0.2, 0.25) is 0 Å². The molecule has 10 nitrogen and oxygen atoms in total. The number of benzene rings is 1. The van der Waals surface area contributed by atoms with Crippen molar-refractivity contribution in [3.05, 3.63) is 60.1 Å². The van der Waals surface area contributed by atoms with Crippen LogP contribution >= 0.6 is 0 Å². The maximum Gasteiger partial charge on any atom is 0.410 e. The van der Waals surface area contributed by atoms with Crippen molar-refractivity contribution in [2.45, 2.75) is 102 Å². The lowest BCUT2D eigenvalue weighted by Gasteiger charge is -2.55. The molecule has 3 heterocycles. The summed E-state index contributed by atoms with van der Waals surface area (Å²) in [6.07, 6.45) is 11.7. The second-order valence-corrected chi connectivity index (χ2v) is 15.3. The topological polar surface area (TPSA) is 110 Å². The van der Waals surface area contributed by atoms with E-state index in [-0.39, 0.29) is 40.6 Å². The Balaban J connectivity index is 1.10. The molecule has 0 atom stereocenters. The molecule has 0 radical (unpaired) electrons. The minimum absolute atomic E-state index is 0.0271. The number of nitrogens with zero attached hydrogens (tertiary/aromatic N) is 5. The number of carbonyl (C=O) groups excluding carboxylic acids is 2. The molecule has 268 valence electrons. The molecule has 12 heteroatoms. The number of rotatable bonds is 9. The van der Waals surface area contributed by atoms with Gasteiger partial charge >= 0.3 is 6.09 Å². The Morgan fingerprint density at radius 3 is 2.24 bits per heavy atom. The van der Waals surface area contributed by atoms with Crippen molar-refractivity contribution in [1.29, 1.82) is 0 Å². The molecule has 2 amide bonds. The Bertz CT molecular complexity index is 1680. The molecular formula is C38H47F2N5O5. The summed E-state index contributed by atoms with van der Waals surface area (Å²) in [5.74, 6) is -1.31. The van der Waals surface area contributed by atoms with Gasteiger partial charge in [-0.1, -0.05) is 0 Å². The summed E-state index contributed by atoms with van der Waals surface area (Å²) in [4.78, 5) is 35.2. The Kier molecular flexibility index (Phi) is 9.34. The van der Waals surface area contributed by atoms with E-state index in [1.165, 1.54) is 24.1 Å². The first-order valence-corrected chi connectivity index (χ1v) is 18.0. The summed E-state index contributed by atoms with van der Waals surface area (Å²) < 4.78 is 42.1. The first-order valence-electron chi connectivity index (χ1n) is 18.0. The number of amides is 2. The number of halogens is 2. The summed E-state index contributed by atoms with van der Waals surface area (Å²) in [6, 6.07) is 7.00. The highest BCUT2D eigenvalue weighted by Crippen LogP contribution is 2.58. The second kappa shape index (κ2) is 13.6. The van der Waals surface area contributed by atoms with Crippen LogP contribution in [0.4, 0.5) is 19.4 Å². The number of likely N-dealkylation sites (tertiary alicyclic amines) is 1. The average molecular weight is 692 g/mol. The molecule has 1 aliphatic heterocycles. The molecule has 2 bridgehead atoms. The van der Waals surface area contributed by atoms with Gasteiger partial charge in [0.15, 0.2) is 17.4 Å². The van der Waals surface area contributed by atoms with E-state index in [2.05, 4.69) is 18.9 Å². The number of β-amino-alcohol motifs (C(OH)–C–C–N with tert-alkyl or cyclic N) is 1. The molecule has 5 aliphatic rings. The van der Waals surface area contributed by atoms with Crippen LogP contribution in [0.25, 0.3) is 11.1 Å². The third kappa shape index (κ3) is 6.58. The highest BCUT2D eigenvalue weighted by Gasteiger charge is 2.51. The van der Waals surface area contributed by atoms with Gasteiger partial charge in [0, 0.05) is 36.5 Å². The molecule has 8 rings (SSSR count). The van der Waals surface area contributed by atoms with Gasteiger partial charge in [0.05, 0.1) is 32.5 Å². The van der Waals surface area contributed by atoms with Crippen molar-refractivity contribution in [2.24, 2.45) is 11.3 Å². The zero-order chi connectivity index (χ0) is 35.2. The van der Waals surface area contributed by atoms with Gasteiger partial charge in [-0.05, 0) is 124 Å². The van der Waals surface area contributed by atoms with Crippen LogP contribution in [0.3, 0.4) is 0 Å². The average Bonchev–Trinajstić information content (AvgIpc) is 3.61. The van der Waals surface area contributed by atoms with E-state index in [1.54, 1.807) is 6.20 Å². The SMILES string of the molecule is COc1c(F)cc(C23CCC(CN(C(=O)C4CCC(OC(=O)N5CC(O)C5)CC4)c4cc(-c5cnn(C(C)C)c5)ccn4)(CC2)CC3)cc1F. The van der Waals surface area contributed by atoms with Gasteiger partial charge in [0.2, 0.25) is 5.91 Å². The van der Waals surface area contributed by atoms with E-state index < -0.39 is 23.8 Å². The molecule has 50 heavy (non-hydrogen) atoms. The van der Waals surface area contributed by atoms with Crippen molar-refractivity contribution in [3.8, 4) is 16.9 Å². The minimum Gasteiger partial charge on any atom is -0.491 e. The fourth-order valence-electron chi connectivity index (χ4n) is 8.59. The predicted molar refractivity (Wildman–Crippen MR) is 183 cm³/mol. The lowest BCUT2D eigenvalue weighted by molar-refractivity contribution is -0.124. The monoisotopic (exact) mass is 691 g/mol. The number of methoxy groups -OCH3 is 1. The Hall–Kier alpha value is -4.06. The van der Waals surface area contributed by atoms with Gasteiger partial charge < -0.3 is 19.5 Å². The molecule has 3 aromatic rings. The lowest BCUT2D eigenvalue weighted by atomic mass is 9.51. The van der Waals surface area contributed by atoms with Gasteiger partial charge in [0.1, 0.15) is 11.9 Å². The molecule has 1 N–H and O–H groups in total. The molecule has 0 unspecified atom stereocenters. The Morgan fingerprint density at radius 2 is 1.66 bits per heavy atom. The largest absolute Gasteiger partial charge is 0.491 e. The third-order valence-electron chi connectivity index (χ3n) is 11.9. The van der Waals surface area contributed by atoms with E-state index in [9.17, 15) is 23.5 Å². The first kappa shape index (κ1) is 34.4. The van der Waals surface area contributed by atoms with Crippen molar-refractivity contribution < 1.29 is 33.0 Å². The molecule has 1 aromatic carbocycles. The maximum absolute atomic E-state index is 14.8. The summed E-state index contributed by atoms with van der Waals surface area (Å²) in [5, 5.41) is 14.1. The summed E-state index contributed by atoms with van der Waals surface area (Å²) in [6.45, 7) is 5.25. The number of fused-ring (bicyclic) bond motifs is 3. The van der Waals surface area contributed by atoms with Crippen LogP contribution < -0.4 is 9.64 Å². The Labute approximate surface area is 291 Å². The number of carbonyl (C=O) groups is 2. The van der Waals surface area contributed by atoms with Crippen molar-refractivity contribution in [3.63, 3.8) is 0 Å². The Morgan fingerprint density at radius 1 is 1.00 bits per heavy atom. The number of hydrogen-bond donors (Lipinski definition) is 1. The third-order valence-corrected chi connectivity index (χ3v) is 11.9. The van der Waals surface area contributed by atoms with E-state index in [4.69, 9.17) is 14.5 Å². The zero-order valence-electron chi connectivity index (χ0n) is 29.1. The number of pyridine rings is 1. The van der Waals surface area contributed by atoms with Crippen LogP contribution in [-0.4, -0.2) is 75.7 Å². The summed E-state index contributed by atoms with van der Waals surface area (Å²) >= 11 is 0. The van der Waals surface area contributed by atoms with Gasteiger partial charge in [-0.25, -0.2) is 18.6 Å². The predicted octanol–water partition coefficient (Wildman–Crippen LogP) is 6.81. The number of aromatic nitrogens is 3. The number of aliphatic hydroxyl groups excluding tert-OH is 1. The van der Waals surface area contributed by atoms with Crippen LogP contribution in [0.5, 0.6) is 5.75 Å². The van der Waals surface area contributed by atoms with Gasteiger partial charge in [-0.2, -0.15) is 5.10 Å². The van der Waals surface area contributed by atoms with Crippen molar-refractivity contribution >= 4 is 17.8 Å². The van der Waals surface area contributed by atoms with Crippen LogP contribution in [-0.2, 0) is 14.9 Å². The van der Waals surface area contributed by atoms with E-state index in [0.717, 1.165) is 49.7 Å². The molecule has 5 fully saturated rings. The summed E-state index contributed by atoms with van der Waals surface area (Å²) in [7, 11) is 1.27. The molecule has 0 spiro atoms. The highest BCUT2D eigenvalue weighted by atomic mass is 19.1. The number of aliphatic hydroxyl groups is 1. The second-order valence-electron chi connectivity index (χ2n) is 15.3. The van der Waals surface area contributed by atoms with Crippen molar-refractivity contribution in [2.75, 3.05) is 31.6 Å². The van der Waals surface area contributed by atoms with E-state index in [0.29, 0.717) is 56.7 Å². The molecule has 2 aromatic heterocycles. The van der Waals surface area contributed by atoms with Crippen LogP contribution in [0, 0.1) is 23.0 Å². The van der Waals surface area contributed by atoms with Gasteiger partial charge in [0.25, 0.3) is 0 Å². The maximum atomic E-state index is 14.8. The fourth-order valence-corrected chi connectivity index (χ4v) is 8.59. The molecule has 4 aliphatic carbocycles. The number of ether oxygens (including phenoxy) is 2.